The molecule has 1 fully saturated rings. The van der Waals surface area contributed by atoms with Gasteiger partial charge in [0, 0.05) is 18.4 Å². The molecular weight excluding hydrogens is 218 g/mol. The van der Waals surface area contributed by atoms with Crippen molar-refractivity contribution in [2.45, 2.75) is 19.8 Å². The molecular formula is C13H13NO3. The normalized spacial score (nSPS) is 15.5. The standard InChI is InChI=1S/C13H13NO3/c1-9-4-2-3-5-10(9)11(15)8-14-12(16)6-7-13(14)17/h2-5H,6-8H2,1H3. The Balaban J connectivity index is 2.15. The first kappa shape index (κ1) is 11.5. The molecule has 0 N–H and O–H groups in total. The number of hydrogen-bond acceptors (Lipinski definition) is 3. The van der Waals surface area contributed by atoms with E-state index in [9.17, 15) is 14.4 Å². The number of likely N-dealkylation sites (tertiary alicyclic amines) is 1. The minimum Gasteiger partial charge on any atom is -0.292 e. The van der Waals surface area contributed by atoms with Gasteiger partial charge < -0.3 is 0 Å². The number of rotatable bonds is 3. The van der Waals surface area contributed by atoms with Gasteiger partial charge in [-0.1, -0.05) is 24.3 Å². The Morgan fingerprint density at radius 3 is 2.35 bits per heavy atom. The van der Waals surface area contributed by atoms with Crippen LogP contribution in [-0.2, 0) is 9.59 Å². The molecule has 1 heterocycles. The van der Waals surface area contributed by atoms with Gasteiger partial charge in [0.1, 0.15) is 0 Å². The van der Waals surface area contributed by atoms with Gasteiger partial charge in [-0.2, -0.15) is 0 Å². The van der Waals surface area contributed by atoms with Crippen molar-refractivity contribution in [1.29, 1.82) is 0 Å². The number of nitrogens with zero attached hydrogens (tertiary/aromatic N) is 1. The summed E-state index contributed by atoms with van der Waals surface area (Å²) in [7, 11) is 0. The van der Waals surface area contributed by atoms with Crippen molar-refractivity contribution in [3.63, 3.8) is 0 Å². The van der Waals surface area contributed by atoms with Crippen molar-refractivity contribution in [3.05, 3.63) is 35.4 Å². The summed E-state index contributed by atoms with van der Waals surface area (Å²) in [5.41, 5.74) is 1.43. The maximum Gasteiger partial charge on any atom is 0.230 e. The second-order valence-electron chi connectivity index (χ2n) is 4.11. The fraction of sp³-hybridized carbons (Fsp3) is 0.308. The zero-order chi connectivity index (χ0) is 12.4. The third-order valence-corrected chi connectivity index (χ3v) is 2.90. The van der Waals surface area contributed by atoms with E-state index in [1.807, 2.05) is 19.1 Å². The lowest BCUT2D eigenvalue weighted by molar-refractivity contribution is -0.137. The highest BCUT2D eigenvalue weighted by Crippen LogP contribution is 2.14. The first-order valence-electron chi connectivity index (χ1n) is 5.51. The third-order valence-electron chi connectivity index (χ3n) is 2.90. The lowest BCUT2D eigenvalue weighted by Crippen LogP contribution is -2.34. The van der Waals surface area contributed by atoms with Gasteiger partial charge in [0.25, 0.3) is 0 Å². The van der Waals surface area contributed by atoms with Gasteiger partial charge in [0.15, 0.2) is 5.78 Å². The number of hydrogen-bond donors (Lipinski definition) is 0. The first-order valence-corrected chi connectivity index (χ1v) is 5.51. The predicted molar refractivity (Wildman–Crippen MR) is 61.5 cm³/mol. The van der Waals surface area contributed by atoms with Crippen LogP contribution in [0.1, 0.15) is 28.8 Å². The van der Waals surface area contributed by atoms with Crippen molar-refractivity contribution in [2.24, 2.45) is 0 Å². The Bertz CT molecular complexity index is 477. The molecule has 0 aliphatic carbocycles. The van der Waals surface area contributed by atoms with Gasteiger partial charge in [-0.25, -0.2) is 0 Å². The fourth-order valence-corrected chi connectivity index (χ4v) is 1.91. The second-order valence-corrected chi connectivity index (χ2v) is 4.11. The molecule has 4 heteroatoms. The van der Waals surface area contributed by atoms with E-state index in [0.29, 0.717) is 5.56 Å². The van der Waals surface area contributed by atoms with Crippen molar-refractivity contribution in [2.75, 3.05) is 6.54 Å². The summed E-state index contributed by atoms with van der Waals surface area (Å²) in [5.74, 6) is -0.694. The van der Waals surface area contributed by atoms with Crippen LogP contribution in [-0.4, -0.2) is 29.0 Å². The summed E-state index contributed by atoms with van der Waals surface area (Å²) in [6, 6.07) is 7.16. The molecule has 88 valence electrons. The molecule has 4 nitrogen and oxygen atoms in total. The Kier molecular flexibility index (Phi) is 3.04. The SMILES string of the molecule is Cc1ccccc1C(=O)CN1C(=O)CCC1=O. The molecule has 0 saturated carbocycles. The molecule has 1 aromatic rings. The topological polar surface area (TPSA) is 54.5 Å². The van der Waals surface area contributed by atoms with Gasteiger partial charge in [-0.3, -0.25) is 19.3 Å². The number of aryl methyl sites for hydroxylation is 1. The van der Waals surface area contributed by atoms with Gasteiger partial charge in [-0.15, -0.1) is 0 Å². The summed E-state index contributed by atoms with van der Waals surface area (Å²) in [6.07, 6.45) is 0.444. The zero-order valence-electron chi connectivity index (χ0n) is 9.60. The molecule has 2 rings (SSSR count). The van der Waals surface area contributed by atoms with Crippen LogP contribution < -0.4 is 0 Å². The number of imide groups is 1. The van der Waals surface area contributed by atoms with Gasteiger partial charge in [-0.05, 0) is 12.5 Å². The van der Waals surface area contributed by atoms with E-state index < -0.39 is 0 Å². The molecule has 0 aromatic heterocycles. The molecule has 0 bridgehead atoms. The molecule has 1 saturated heterocycles. The van der Waals surface area contributed by atoms with Gasteiger partial charge in [0.2, 0.25) is 11.8 Å². The quantitative estimate of drug-likeness (QED) is 0.582. The van der Waals surface area contributed by atoms with Crippen LogP contribution in [0.15, 0.2) is 24.3 Å². The van der Waals surface area contributed by atoms with E-state index in [1.165, 1.54) is 0 Å². The lowest BCUT2D eigenvalue weighted by atomic mass is 10.0. The highest BCUT2D eigenvalue weighted by molar-refractivity contribution is 6.08. The minimum absolute atomic E-state index is 0.136. The van der Waals surface area contributed by atoms with E-state index in [0.717, 1.165) is 10.5 Å². The number of carbonyl (C=O) groups excluding carboxylic acids is 3. The molecule has 17 heavy (non-hydrogen) atoms. The Labute approximate surface area is 99.2 Å². The van der Waals surface area contributed by atoms with Crippen molar-refractivity contribution in [3.8, 4) is 0 Å². The fourth-order valence-electron chi connectivity index (χ4n) is 1.91. The predicted octanol–water partition coefficient (Wildman–Crippen LogP) is 1.33. The maximum atomic E-state index is 12.0. The number of ketones is 1. The van der Waals surface area contributed by atoms with Crippen LogP contribution in [0.2, 0.25) is 0 Å². The number of carbonyl (C=O) groups is 3. The third kappa shape index (κ3) is 2.25. The van der Waals surface area contributed by atoms with Gasteiger partial charge in [0.05, 0.1) is 6.54 Å². The average molecular weight is 231 g/mol. The molecule has 0 atom stereocenters. The van der Waals surface area contributed by atoms with E-state index >= 15 is 0 Å². The Morgan fingerprint density at radius 1 is 1.18 bits per heavy atom. The van der Waals surface area contributed by atoms with Crippen molar-refractivity contribution >= 4 is 17.6 Å². The smallest absolute Gasteiger partial charge is 0.230 e. The minimum atomic E-state index is -0.253. The lowest BCUT2D eigenvalue weighted by Gasteiger charge is -2.13. The Hall–Kier alpha value is -1.97. The molecule has 1 aromatic carbocycles. The van der Waals surface area contributed by atoms with Crippen LogP contribution in [0.5, 0.6) is 0 Å². The van der Waals surface area contributed by atoms with Crippen molar-refractivity contribution < 1.29 is 14.4 Å². The maximum absolute atomic E-state index is 12.0. The molecule has 1 aliphatic rings. The van der Waals surface area contributed by atoms with Crippen LogP contribution in [0.4, 0.5) is 0 Å². The molecule has 1 aliphatic heterocycles. The van der Waals surface area contributed by atoms with Crippen LogP contribution in [0.25, 0.3) is 0 Å². The first-order chi connectivity index (χ1) is 8.09. The van der Waals surface area contributed by atoms with Crippen molar-refractivity contribution in [1.82, 2.24) is 4.90 Å². The average Bonchev–Trinajstić information content (AvgIpc) is 2.61. The zero-order valence-corrected chi connectivity index (χ0v) is 9.60. The number of amides is 2. The van der Waals surface area contributed by atoms with E-state index in [-0.39, 0.29) is 37.0 Å². The molecule has 0 spiro atoms. The summed E-state index contributed by atoms with van der Waals surface area (Å²) >= 11 is 0. The summed E-state index contributed by atoms with van der Waals surface area (Å²) in [5, 5.41) is 0. The van der Waals surface area contributed by atoms with Gasteiger partial charge >= 0.3 is 0 Å². The second kappa shape index (κ2) is 4.49. The van der Waals surface area contributed by atoms with E-state index in [1.54, 1.807) is 12.1 Å². The highest BCUT2D eigenvalue weighted by atomic mass is 16.2. The molecule has 0 radical (unpaired) electrons. The van der Waals surface area contributed by atoms with Crippen LogP contribution >= 0.6 is 0 Å². The Morgan fingerprint density at radius 2 is 1.76 bits per heavy atom. The monoisotopic (exact) mass is 231 g/mol. The number of Topliss-reactive ketones (excluding diaryl/α,β-unsaturated/α-hetero) is 1. The summed E-state index contributed by atoms with van der Waals surface area (Å²) in [4.78, 5) is 35.8. The van der Waals surface area contributed by atoms with Crippen LogP contribution in [0, 0.1) is 6.92 Å². The highest BCUT2D eigenvalue weighted by Gasteiger charge is 2.30. The summed E-state index contributed by atoms with van der Waals surface area (Å²) in [6.45, 7) is 1.70. The molecule has 0 unspecified atom stereocenters. The molecule has 2 amide bonds. The summed E-state index contributed by atoms with van der Waals surface area (Å²) < 4.78 is 0. The largest absolute Gasteiger partial charge is 0.292 e. The van der Waals surface area contributed by atoms with E-state index in [2.05, 4.69) is 0 Å². The van der Waals surface area contributed by atoms with E-state index in [4.69, 9.17) is 0 Å². The number of benzene rings is 1. The van der Waals surface area contributed by atoms with Crippen LogP contribution in [0.3, 0.4) is 0 Å².